The van der Waals surface area contributed by atoms with Crippen LogP contribution in [0.2, 0.25) is 0 Å². The average Bonchev–Trinajstić information content (AvgIpc) is 2.33. The van der Waals surface area contributed by atoms with E-state index in [2.05, 4.69) is 10.6 Å². The normalized spacial score (nSPS) is 13.3. The van der Waals surface area contributed by atoms with E-state index in [1.54, 1.807) is 0 Å². The van der Waals surface area contributed by atoms with E-state index < -0.39 is 42.3 Å². The molecule has 9 heteroatoms. The van der Waals surface area contributed by atoms with Gasteiger partial charge in [-0.15, -0.1) is 0 Å². The summed E-state index contributed by atoms with van der Waals surface area (Å²) in [5.74, 6) is -3.15. The summed E-state index contributed by atoms with van der Waals surface area (Å²) in [7, 11) is 0. The molecule has 3 amide bonds. The van der Waals surface area contributed by atoms with Crippen molar-refractivity contribution >= 4 is 23.7 Å². The standard InChI is InChI=1S/C12H22N4O5/c1-6(2)3-8(12(20)21)16-10(18)5-15-11(19)7(13)4-9(14)17/h6-8H,3-5,13H2,1-2H3,(H2,14,17)(H,15,19)(H,16,18)(H,20,21)/t7-,8-/m0/s1. The smallest absolute Gasteiger partial charge is 0.326 e. The molecule has 0 radical (unpaired) electrons. The number of nitrogens with one attached hydrogen (secondary N) is 2. The zero-order valence-corrected chi connectivity index (χ0v) is 12.1. The van der Waals surface area contributed by atoms with Gasteiger partial charge in [0.15, 0.2) is 0 Å². The minimum atomic E-state index is -1.14. The molecule has 0 aromatic rings. The maximum absolute atomic E-state index is 11.6. The molecule has 0 fully saturated rings. The van der Waals surface area contributed by atoms with Crippen LogP contribution in [-0.2, 0) is 19.2 Å². The molecule has 0 saturated heterocycles. The van der Waals surface area contributed by atoms with Crippen LogP contribution in [-0.4, -0.2) is 47.4 Å². The van der Waals surface area contributed by atoms with E-state index in [1.807, 2.05) is 13.8 Å². The second kappa shape index (κ2) is 8.90. The van der Waals surface area contributed by atoms with Crippen molar-refractivity contribution in [2.45, 2.75) is 38.8 Å². The molecule has 0 saturated carbocycles. The molecule has 0 aromatic carbocycles. The Hall–Kier alpha value is -2.16. The van der Waals surface area contributed by atoms with Crippen molar-refractivity contribution in [2.75, 3.05) is 6.54 Å². The molecule has 0 heterocycles. The predicted molar refractivity (Wildman–Crippen MR) is 73.8 cm³/mol. The van der Waals surface area contributed by atoms with Crippen LogP contribution >= 0.6 is 0 Å². The summed E-state index contributed by atoms with van der Waals surface area (Å²) in [5.41, 5.74) is 10.3. The number of hydrogen-bond acceptors (Lipinski definition) is 5. The summed E-state index contributed by atoms with van der Waals surface area (Å²) < 4.78 is 0. The number of primary amides is 1. The van der Waals surface area contributed by atoms with Crippen molar-refractivity contribution in [1.82, 2.24) is 10.6 Å². The van der Waals surface area contributed by atoms with Gasteiger partial charge >= 0.3 is 5.97 Å². The zero-order valence-electron chi connectivity index (χ0n) is 12.1. The highest BCUT2D eigenvalue weighted by molar-refractivity contribution is 5.91. The molecule has 0 unspecified atom stereocenters. The first-order valence-electron chi connectivity index (χ1n) is 6.47. The third kappa shape index (κ3) is 8.58. The van der Waals surface area contributed by atoms with Gasteiger partial charge in [0.05, 0.1) is 19.0 Å². The molecule has 0 aromatic heterocycles. The fraction of sp³-hybridized carbons (Fsp3) is 0.667. The van der Waals surface area contributed by atoms with E-state index in [0.717, 1.165) is 0 Å². The Labute approximate surface area is 122 Å². The number of carbonyl (C=O) groups is 4. The molecule has 0 spiro atoms. The van der Waals surface area contributed by atoms with E-state index in [1.165, 1.54) is 0 Å². The molecule has 9 nitrogen and oxygen atoms in total. The highest BCUT2D eigenvalue weighted by atomic mass is 16.4. The van der Waals surface area contributed by atoms with E-state index in [9.17, 15) is 19.2 Å². The van der Waals surface area contributed by atoms with Crippen LogP contribution in [0.15, 0.2) is 0 Å². The monoisotopic (exact) mass is 302 g/mol. The Morgan fingerprint density at radius 1 is 1.19 bits per heavy atom. The Bertz CT molecular complexity index is 410. The van der Waals surface area contributed by atoms with Crippen LogP contribution in [0, 0.1) is 5.92 Å². The molecule has 120 valence electrons. The van der Waals surface area contributed by atoms with Crippen molar-refractivity contribution in [3.8, 4) is 0 Å². The lowest BCUT2D eigenvalue weighted by atomic mass is 10.0. The van der Waals surface area contributed by atoms with Gasteiger partial charge in [-0.05, 0) is 12.3 Å². The Morgan fingerprint density at radius 2 is 1.76 bits per heavy atom. The fourth-order valence-corrected chi connectivity index (χ4v) is 1.55. The summed E-state index contributed by atoms with van der Waals surface area (Å²) in [6.07, 6.45) is -0.0608. The number of carboxylic acids is 1. The number of amides is 3. The van der Waals surface area contributed by atoms with Gasteiger partial charge in [0.25, 0.3) is 0 Å². The Morgan fingerprint density at radius 3 is 2.19 bits per heavy atom. The molecular weight excluding hydrogens is 280 g/mol. The van der Waals surface area contributed by atoms with Crippen LogP contribution in [0.3, 0.4) is 0 Å². The van der Waals surface area contributed by atoms with Gasteiger partial charge in [0.2, 0.25) is 17.7 Å². The molecule has 0 aliphatic heterocycles. The third-order valence-corrected chi connectivity index (χ3v) is 2.52. The van der Waals surface area contributed by atoms with Crippen LogP contribution < -0.4 is 22.1 Å². The predicted octanol–water partition coefficient (Wildman–Crippen LogP) is -2.08. The number of carbonyl (C=O) groups excluding carboxylic acids is 3. The maximum Gasteiger partial charge on any atom is 0.326 e. The molecular formula is C12H22N4O5. The first-order chi connectivity index (χ1) is 9.63. The second-order valence-electron chi connectivity index (χ2n) is 5.08. The molecule has 21 heavy (non-hydrogen) atoms. The number of rotatable bonds is 9. The SMILES string of the molecule is CC(C)C[C@H](NC(=O)CNC(=O)[C@@H](N)CC(N)=O)C(=O)O. The van der Waals surface area contributed by atoms with Gasteiger partial charge in [-0.1, -0.05) is 13.8 Å². The van der Waals surface area contributed by atoms with E-state index in [4.69, 9.17) is 16.6 Å². The van der Waals surface area contributed by atoms with Crippen molar-refractivity contribution in [3.63, 3.8) is 0 Å². The summed E-state index contributed by atoms with van der Waals surface area (Å²) >= 11 is 0. The first-order valence-corrected chi connectivity index (χ1v) is 6.47. The van der Waals surface area contributed by atoms with Crippen molar-refractivity contribution in [2.24, 2.45) is 17.4 Å². The highest BCUT2D eigenvalue weighted by Crippen LogP contribution is 2.04. The quantitative estimate of drug-likeness (QED) is 0.328. The minimum absolute atomic E-state index is 0.0879. The third-order valence-electron chi connectivity index (χ3n) is 2.52. The molecule has 0 bridgehead atoms. The Kier molecular flexibility index (Phi) is 7.99. The van der Waals surface area contributed by atoms with Gasteiger partial charge < -0.3 is 27.2 Å². The van der Waals surface area contributed by atoms with Gasteiger partial charge in [-0.2, -0.15) is 0 Å². The lowest BCUT2D eigenvalue weighted by Crippen LogP contribution is -2.49. The largest absolute Gasteiger partial charge is 0.480 e. The van der Waals surface area contributed by atoms with E-state index in [0.29, 0.717) is 0 Å². The Balaban J connectivity index is 4.27. The maximum atomic E-state index is 11.6. The van der Waals surface area contributed by atoms with Gasteiger partial charge in [0.1, 0.15) is 6.04 Å². The minimum Gasteiger partial charge on any atom is -0.480 e. The molecule has 0 aliphatic rings. The van der Waals surface area contributed by atoms with E-state index in [-0.39, 0.29) is 18.8 Å². The number of hydrogen-bond donors (Lipinski definition) is 5. The summed E-state index contributed by atoms with van der Waals surface area (Å²) in [5, 5.41) is 13.5. The molecule has 7 N–H and O–H groups in total. The summed E-state index contributed by atoms with van der Waals surface area (Å²) in [6, 6.07) is -2.16. The lowest BCUT2D eigenvalue weighted by molar-refractivity contribution is -0.142. The van der Waals surface area contributed by atoms with Crippen LogP contribution in [0.4, 0.5) is 0 Å². The number of carboxylic acid groups (broad SMARTS) is 1. The molecule has 0 aliphatic carbocycles. The second-order valence-corrected chi connectivity index (χ2v) is 5.08. The first kappa shape index (κ1) is 18.8. The summed E-state index contributed by atoms with van der Waals surface area (Å²) in [4.78, 5) is 44.6. The van der Waals surface area contributed by atoms with Crippen molar-refractivity contribution < 1.29 is 24.3 Å². The fourth-order valence-electron chi connectivity index (χ4n) is 1.55. The van der Waals surface area contributed by atoms with Crippen molar-refractivity contribution in [1.29, 1.82) is 0 Å². The van der Waals surface area contributed by atoms with Gasteiger partial charge in [-0.25, -0.2) is 4.79 Å². The van der Waals surface area contributed by atoms with E-state index >= 15 is 0 Å². The number of nitrogens with two attached hydrogens (primary N) is 2. The zero-order chi connectivity index (χ0) is 16.6. The molecule has 2 atom stereocenters. The average molecular weight is 302 g/mol. The van der Waals surface area contributed by atoms with Gasteiger partial charge in [0, 0.05) is 0 Å². The van der Waals surface area contributed by atoms with Crippen molar-refractivity contribution in [3.05, 3.63) is 0 Å². The van der Waals surface area contributed by atoms with Gasteiger partial charge in [-0.3, -0.25) is 14.4 Å². The van der Waals surface area contributed by atoms with Crippen LogP contribution in [0.1, 0.15) is 26.7 Å². The lowest BCUT2D eigenvalue weighted by Gasteiger charge is -2.17. The molecule has 0 rings (SSSR count). The van der Waals surface area contributed by atoms with Crippen LogP contribution in [0.5, 0.6) is 0 Å². The van der Waals surface area contributed by atoms with Crippen LogP contribution in [0.25, 0.3) is 0 Å². The topological polar surface area (TPSA) is 165 Å². The summed E-state index contributed by atoms with van der Waals surface area (Å²) in [6.45, 7) is 3.23. The highest BCUT2D eigenvalue weighted by Gasteiger charge is 2.22. The number of aliphatic carboxylic acids is 1.